The van der Waals surface area contributed by atoms with E-state index < -0.39 is 5.60 Å². The Morgan fingerprint density at radius 1 is 0.837 bits per heavy atom. The van der Waals surface area contributed by atoms with Gasteiger partial charge in [-0.05, 0) is 118 Å². The second-order valence-electron chi connectivity index (χ2n) is 12.3. The van der Waals surface area contributed by atoms with Gasteiger partial charge in [-0.25, -0.2) is 4.68 Å². The van der Waals surface area contributed by atoms with Crippen molar-refractivity contribution in [2.45, 2.75) is 44.1 Å². The third-order valence-corrected chi connectivity index (χ3v) is 9.06. The van der Waals surface area contributed by atoms with Crippen LogP contribution in [0, 0.1) is 5.92 Å². The lowest BCUT2D eigenvalue weighted by atomic mass is 9.90. The Labute approximate surface area is 251 Å². The first kappa shape index (κ1) is 27.6. The molecule has 1 saturated carbocycles. The zero-order chi connectivity index (χ0) is 29.4. The second kappa shape index (κ2) is 11.5. The fourth-order valence-corrected chi connectivity index (χ4v) is 6.32. The molecule has 7 rings (SSSR count). The topological polar surface area (TPSA) is 103 Å². The maximum atomic E-state index is 13.1. The number of likely N-dealkylation sites (tertiary alicyclic amines) is 1. The van der Waals surface area contributed by atoms with Gasteiger partial charge >= 0.3 is 0 Å². The van der Waals surface area contributed by atoms with Crippen LogP contribution in [-0.2, 0) is 4.79 Å². The lowest BCUT2D eigenvalue weighted by Gasteiger charge is -2.41. The monoisotopic (exact) mass is 578 g/mol. The third-order valence-electron chi connectivity index (χ3n) is 9.06. The number of carbonyl (C=O) groups excluding carboxylic acids is 2. The van der Waals surface area contributed by atoms with Crippen molar-refractivity contribution < 1.29 is 14.7 Å². The normalized spacial score (nSPS) is 18.6. The van der Waals surface area contributed by atoms with Gasteiger partial charge < -0.3 is 25.5 Å². The van der Waals surface area contributed by atoms with Gasteiger partial charge in [-0.1, -0.05) is 0 Å². The number of aromatic nitrogens is 2. The summed E-state index contributed by atoms with van der Waals surface area (Å²) in [6, 6.07) is 21.1. The molecule has 3 aromatic carbocycles. The Balaban J connectivity index is 0.959. The highest BCUT2D eigenvalue weighted by atomic mass is 16.3. The number of hydrogen-bond donors (Lipinski definition) is 3. The van der Waals surface area contributed by atoms with Crippen molar-refractivity contribution in [2.75, 3.05) is 48.3 Å². The van der Waals surface area contributed by atoms with Crippen molar-refractivity contribution in [1.29, 1.82) is 0 Å². The number of amides is 2. The minimum Gasteiger partial charge on any atom is -0.388 e. The van der Waals surface area contributed by atoms with E-state index in [0.717, 1.165) is 86.4 Å². The highest BCUT2D eigenvalue weighted by molar-refractivity contribution is 6.05. The molecule has 0 bridgehead atoms. The molecule has 9 heteroatoms. The van der Waals surface area contributed by atoms with E-state index in [9.17, 15) is 14.7 Å². The Hall–Kier alpha value is -4.21. The van der Waals surface area contributed by atoms with Gasteiger partial charge in [0, 0.05) is 53.6 Å². The van der Waals surface area contributed by atoms with Crippen LogP contribution in [-0.4, -0.2) is 69.9 Å². The van der Waals surface area contributed by atoms with Crippen LogP contribution in [0.3, 0.4) is 0 Å². The predicted octanol–water partition coefficient (Wildman–Crippen LogP) is 5.05. The minimum absolute atomic E-state index is 0.0895. The Bertz CT molecular complexity index is 1610. The van der Waals surface area contributed by atoms with Gasteiger partial charge in [-0.2, -0.15) is 5.10 Å². The zero-order valence-electron chi connectivity index (χ0n) is 24.3. The molecule has 4 aromatic rings. The van der Waals surface area contributed by atoms with Crippen LogP contribution < -0.4 is 15.5 Å². The number of aliphatic hydroxyl groups is 1. The molecule has 1 aromatic heterocycles. The summed E-state index contributed by atoms with van der Waals surface area (Å²) in [5.41, 5.74) is 4.37. The largest absolute Gasteiger partial charge is 0.388 e. The molecule has 0 unspecified atom stereocenters. The van der Waals surface area contributed by atoms with E-state index in [0.29, 0.717) is 11.3 Å². The summed E-state index contributed by atoms with van der Waals surface area (Å²) in [6.45, 7) is 4.60. The molecule has 3 aliphatic rings. The number of anilines is 3. The van der Waals surface area contributed by atoms with E-state index in [1.807, 2.05) is 71.4 Å². The lowest BCUT2D eigenvalue weighted by Crippen LogP contribution is -2.50. The van der Waals surface area contributed by atoms with Crippen molar-refractivity contribution in [3.8, 4) is 5.69 Å². The molecule has 3 heterocycles. The Morgan fingerprint density at radius 3 is 2.21 bits per heavy atom. The molecule has 0 atom stereocenters. The number of fused-ring (bicyclic) bond motifs is 1. The van der Waals surface area contributed by atoms with Crippen molar-refractivity contribution >= 4 is 39.8 Å². The average molecular weight is 579 g/mol. The number of β-amino-alcohol motifs (C(OH)–C–C–N with tert-alkyl or cyclic N) is 1. The molecule has 222 valence electrons. The van der Waals surface area contributed by atoms with Crippen LogP contribution in [0.5, 0.6) is 0 Å². The first-order valence-electron chi connectivity index (χ1n) is 15.4. The van der Waals surface area contributed by atoms with E-state index in [-0.39, 0.29) is 17.7 Å². The molecule has 0 radical (unpaired) electrons. The molecule has 1 aliphatic carbocycles. The number of nitrogens with one attached hydrogen (secondary N) is 2. The number of benzene rings is 3. The van der Waals surface area contributed by atoms with E-state index in [4.69, 9.17) is 0 Å². The molecule has 9 nitrogen and oxygen atoms in total. The van der Waals surface area contributed by atoms with E-state index in [2.05, 4.69) is 25.5 Å². The maximum Gasteiger partial charge on any atom is 0.255 e. The molecular weight excluding hydrogens is 540 g/mol. The van der Waals surface area contributed by atoms with Gasteiger partial charge in [0.05, 0.1) is 23.0 Å². The summed E-state index contributed by atoms with van der Waals surface area (Å²) in [5, 5.41) is 22.5. The molecule has 43 heavy (non-hydrogen) atoms. The molecule has 2 aliphatic heterocycles. The Kier molecular flexibility index (Phi) is 7.36. The number of nitrogens with zero attached hydrogens (tertiary/aromatic N) is 4. The maximum absolute atomic E-state index is 13.1. The Morgan fingerprint density at radius 2 is 1.51 bits per heavy atom. The van der Waals surface area contributed by atoms with Crippen molar-refractivity contribution in [3.05, 3.63) is 78.5 Å². The van der Waals surface area contributed by atoms with Gasteiger partial charge in [-0.3, -0.25) is 9.59 Å². The van der Waals surface area contributed by atoms with Gasteiger partial charge in [0.25, 0.3) is 5.91 Å². The molecule has 2 amide bonds. The van der Waals surface area contributed by atoms with Gasteiger partial charge in [0.15, 0.2) is 0 Å². The first-order chi connectivity index (χ1) is 20.9. The summed E-state index contributed by atoms with van der Waals surface area (Å²) in [6.07, 6.45) is 7.72. The summed E-state index contributed by atoms with van der Waals surface area (Å²) < 4.78 is 1.85. The van der Waals surface area contributed by atoms with E-state index >= 15 is 0 Å². The summed E-state index contributed by atoms with van der Waals surface area (Å²) in [7, 11) is 0. The molecule has 3 N–H and O–H groups in total. The fraction of sp³-hybridized carbons (Fsp3) is 0.382. The SMILES string of the molecule is O=C(Nc1ccc2c(cnn2-c2ccc(NC(=O)C3CC3)cc2)c1)c1ccc(N2CCC(O)(CN3CCCC3)CC2)cc1. The molecule has 0 spiro atoms. The third kappa shape index (κ3) is 6.14. The number of hydrogen-bond acceptors (Lipinski definition) is 6. The fourth-order valence-electron chi connectivity index (χ4n) is 6.32. The van der Waals surface area contributed by atoms with Gasteiger partial charge in [0.2, 0.25) is 5.91 Å². The van der Waals surface area contributed by atoms with Crippen LogP contribution in [0.4, 0.5) is 17.1 Å². The highest BCUT2D eigenvalue weighted by Crippen LogP contribution is 2.31. The van der Waals surface area contributed by atoms with Crippen LogP contribution >= 0.6 is 0 Å². The molecule has 2 saturated heterocycles. The standard InChI is InChI=1S/C34H38N6O3/c41-32(24-3-4-24)36-27-7-12-30(13-8-27)40-31-14-9-28(21-26(31)22-35-40)37-33(42)25-5-10-29(11-6-25)39-19-15-34(43,16-20-39)23-38-17-1-2-18-38/h5-14,21-22,24,43H,1-4,15-20,23H2,(H,36,41)(H,37,42). The smallest absolute Gasteiger partial charge is 0.255 e. The van der Waals surface area contributed by atoms with Crippen molar-refractivity contribution in [2.24, 2.45) is 5.92 Å². The molecular formula is C34H38N6O3. The summed E-state index contributed by atoms with van der Waals surface area (Å²) >= 11 is 0. The lowest BCUT2D eigenvalue weighted by molar-refractivity contribution is -0.117. The van der Waals surface area contributed by atoms with E-state index in [1.54, 1.807) is 6.20 Å². The summed E-state index contributed by atoms with van der Waals surface area (Å²) in [5.74, 6) is 0.0871. The van der Waals surface area contributed by atoms with Gasteiger partial charge in [-0.15, -0.1) is 0 Å². The average Bonchev–Trinajstić information content (AvgIpc) is 3.61. The van der Waals surface area contributed by atoms with Gasteiger partial charge in [0.1, 0.15) is 0 Å². The van der Waals surface area contributed by atoms with Crippen LogP contribution in [0.1, 0.15) is 48.9 Å². The zero-order valence-corrected chi connectivity index (χ0v) is 24.3. The molecule has 3 fully saturated rings. The van der Waals surface area contributed by atoms with Crippen molar-refractivity contribution in [1.82, 2.24) is 14.7 Å². The van der Waals surface area contributed by atoms with Crippen LogP contribution in [0.15, 0.2) is 72.9 Å². The first-order valence-corrected chi connectivity index (χ1v) is 15.4. The minimum atomic E-state index is -0.600. The van der Waals surface area contributed by atoms with Crippen molar-refractivity contribution in [3.63, 3.8) is 0 Å². The summed E-state index contributed by atoms with van der Waals surface area (Å²) in [4.78, 5) is 29.8. The van der Waals surface area contributed by atoms with E-state index in [1.165, 1.54) is 12.8 Å². The number of piperidine rings is 1. The number of rotatable bonds is 8. The quantitative estimate of drug-likeness (QED) is 0.270. The predicted molar refractivity (Wildman–Crippen MR) is 169 cm³/mol. The highest BCUT2D eigenvalue weighted by Gasteiger charge is 2.35. The second-order valence-corrected chi connectivity index (χ2v) is 12.3. The van der Waals surface area contributed by atoms with Crippen LogP contribution in [0.2, 0.25) is 0 Å². The number of carbonyl (C=O) groups is 2. The van der Waals surface area contributed by atoms with Crippen LogP contribution in [0.25, 0.3) is 16.6 Å².